The largest absolute Gasteiger partial charge is 0.352 e. The van der Waals surface area contributed by atoms with Crippen LogP contribution < -0.4 is 10.6 Å². The highest BCUT2D eigenvalue weighted by Crippen LogP contribution is 2.15. The number of carbonyl (C=O) groups is 2. The van der Waals surface area contributed by atoms with E-state index in [1.54, 1.807) is 12.1 Å². The van der Waals surface area contributed by atoms with Crippen LogP contribution >= 0.6 is 15.9 Å². The lowest BCUT2D eigenvalue weighted by molar-refractivity contribution is -0.121. The Labute approximate surface area is 150 Å². The summed E-state index contributed by atoms with van der Waals surface area (Å²) in [5.41, 5.74) is 0.0122. The van der Waals surface area contributed by atoms with Gasteiger partial charge in [-0.3, -0.25) is 9.59 Å². The molecule has 132 valence electrons. The van der Waals surface area contributed by atoms with Crippen molar-refractivity contribution in [2.24, 2.45) is 0 Å². The van der Waals surface area contributed by atoms with E-state index in [1.807, 2.05) is 0 Å². The molecule has 0 saturated carbocycles. The summed E-state index contributed by atoms with van der Waals surface area (Å²) >= 11 is 3.21. The molecule has 0 aromatic heterocycles. The molecule has 2 aromatic rings. The Morgan fingerprint density at radius 1 is 0.960 bits per heavy atom. The van der Waals surface area contributed by atoms with Crippen molar-refractivity contribution in [3.63, 3.8) is 0 Å². The maximum absolute atomic E-state index is 13.5. The van der Waals surface area contributed by atoms with Gasteiger partial charge in [0.25, 0.3) is 5.91 Å². The van der Waals surface area contributed by atoms with Crippen molar-refractivity contribution >= 4 is 27.7 Å². The number of halogens is 4. The zero-order valence-corrected chi connectivity index (χ0v) is 14.5. The number of hydrogen-bond acceptors (Lipinski definition) is 2. The van der Waals surface area contributed by atoms with Crippen LogP contribution in [0, 0.1) is 17.5 Å². The molecule has 2 rings (SSSR count). The third-order valence-corrected chi connectivity index (χ3v) is 3.79. The van der Waals surface area contributed by atoms with Gasteiger partial charge in [0, 0.05) is 35.6 Å². The summed E-state index contributed by atoms with van der Waals surface area (Å²) in [5, 5.41) is 4.89. The second-order valence-corrected chi connectivity index (χ2v) is 6.06. The minimum atomic E-state index is -0.980. The first kappa shape index (κ1) is 19.0. The minimum Gasteiger partial charge on any atom is -0.352 e. The van der Waals surface area contributed by atoms with E-state index in [1.165, 1.54) is 6.07 Å². The average molecular weight is 415 g/mol. The molecule has 0 spiro atoms. The molecular formula is C17H14BrF3N2O2. The van der Waals surface area contributed by atoms with Crippen molar-refractivity contribution < 1.29 is 22.8 Å². The maximum atomic E-state index is 13.5. The first-order valence-corrected chi connectivity index (χ1v) is 8.10. The first-order chi connectivity index (χ1) is 11.9. The fraction of sp³-hybridized carbons (Fsp3) is 0.176. The van der Waals surface area contributed by atoms with Crippen LogP contribution in [0.5, 0.6) is 0 Å². The summed E-state index contributed by atoms with van der Waals surface area (Å²) in [6.45, 7) is -0.0346. The van der Waals surface area contributed by atoms with Gasteiger partial charge in [-0.15, -0.1) is 0 Å². The van der Waals surface area contributed by atoms with Crippen LogP contribution in [0.25, 0.3) is 0 Å². The fourth-order valence-electron chi connectivity index (χ4n) is 2.02. The summed E-state index contributed by atoms with van der Waals surface area (Å²) < 4.78 is 40.5. The minimum absolute atomic E-state index is 0.00461. The monoisotopic (exact) mass is 414 g/mol. The lowest BCUT2D eigenvalue weighted by Gasteiger charge is -2.08. The highest BCUT2D eigenvalue weighted by Gasteiger charge is 2.12. The summed E-state index contributed by atoms with van der Waals surface area (Å²) in [6, 6.07) is 6.98. The predicted octanol–water partition coefficient (Wildman–Crippen LogP) is 3.30. The van der Waals surface area contributed by atoms with Crippen molar-refractivity contribution in [3.05, 3.63) is 69.4 Å². The molecule has 0 atom stereocenters. The van der Waals surface area contributed by atoms with E-state index in [0.29, 0.717) is 16.1 Å². The quantitative estimate of drug-likeness (QED) is 0.761. The number of carbonyl (C=O) groups excluding carboxylic acids is 2. The highest BCUT2D eigenvalue weighted by molar-refractivity contribution is 9.10. The fourth-order valence-corrected chi connectivity index (χ4v) is 2.43. The van der Waals surface area contributed by atoms with E-state index >= 15 is 0 Å². The van der Waals surface area contributed by atoms with Crippen LogP contribution in [-0.2, 0) is 11.3 Å². The number of amides is 2. The first-order valence-electron chi connectivity index (χ1n) is 7.30. The second-order valence-electron chi connectivity index (χ2n) is 5.14. The smallest absolute Gasteiger partial charge is 0.254 e. The molecule has 0 aliphatic rings. The zero-order chi connectivity index (χ0) is 18.4. The molecule has 2 aromatic carbocycles. The van der Waals surface area contributed by atoms with Gasteiger partial charge in [0.2, 0.25) is 5.91 Å². The van der Waals surface area contributed by atoms with Crippen LogP contribution in [0.15, 0.2) is 40.9 Å². The van der Waals surface area contributed by atoms with E-state index in [4.69, 9.17) is 0 Å². The standard InChI is InChI=1S/C17H14BrF3N2O2/c18-11-1-4-14(20)10(7-11)9-23-16(24)5-6-22-17(25)13-3-2-12(19)8-15(13)21/h1-4,7-8H,5-6,9H2,(H,22,25)(H,23,24). The number of rotatable bonds is 6. The molecule has 0 fully saturated rings. The molecule has 0 saturated heterocycles. The molecule has 4 nitrogen and oxygen atoms in total. The molecule has 0 bridgehead atoms. The Kier molecular flexibility index (Phi) is 6.58. The summed E-state index contributed by atoms with van der Waals surface area (Å²) in [6.07, 6.45) is -0.0653. The molecule has 25 heavy (non-hydrogen) atoms. The van der Waals surface area contributed by atoms with Gasteiger partial charge in [0.1, 0.15) is 17.5 Å². The molecule has 0 aliphatic carbocycles. The molecule has 0 aliphatic heterocycles. The molecule has 8 heteroatoms. The summed E-state index contributed by atoms with van der Waals surface area (Å²) in [5.74, 6) is -3.36. The van der Waals surface area contributed by atoms with Crippen LogP contribution in [0.1, 0.15) is 22.3 Å². The Morgan fingerprint density at radius 2 is 1.72 bits per heavy atom. The van der Waals surface area contributed by atoms with Gasteiger partial charge in [-0.1, -0.05) is 15.9 Å². The van der Waals surface area contributed by atoms with Gasteiger partial charge < -0.3 is 10.6 Å². The maximum Gasteiger partial charge on any atom is 0.254 e. The van der Waals surface area contributed by atoms with E-state index < -0.39 is 29.3 Å². The number of nitrogens with one attached hydrogen (secondary N) is 2. The van der Waals surface area contributed by atoms with Gasteiger partial charge in [-0.2, -0.15) is 0 Å². The third-order valence-electron chi connectivity index (χ3n) is 3.30. The van der Waals surface area contributed by atoms with Crippen LogP contribution in [0.3, 0.4) is 0 Å². The van der Waals surface area contributed by atoms with Gasteiger partial charge >= 0.3 is 0 Å². The van der Waals surface area contributed by atoms with E-state index in [0.717, 1.165) is 12.1 Å². The van der Waals surface area contributed by atoms with Crippen molar-refractivity contribution in [3.8, 4) is 0 Å². The molecule has 0 heterocycles. The van der Waals surface area contributed by atoms with Gasteiger partial charge in [-0.25, -0.2) is 13.2 Å². The lowest BCUT2D eigenvalue weighted by Crippen LogP contribution is -2.31. The van der Waals surface area contributed by atoms with Crippen LogP contribution in [0.4, 0.5) is 13.2 Å². The van der Waals surface area contributed by atoms with Gasteiger partial charge in [0.05, 0.1) is 5.56 Å². The van der Waals surface area contributed by atoms with Crippen molar-refractivity contribution in [1.82, 2.24) is 10.6 Å². The van der Waals surface area contributed by atoms with Crippen molar-refractivity contribution in [1.29, 1.82) is 0 Å². The normalized spacial score (nSPS) is 10.4. The summed E-state index contributed by atoms with van der Waals surface area (Å²) in [4.78, 5) is 23.5. The third kappa shape index (κ3) is 5.60. The average Bonchev–Trinajstić information content (AvgIpc) is 2.55. The van der Waals surface area contributed by atoms with Crippen molar-refractivity contribution in [2.75, 3.05) is 6.54 Å². The van der Waals surface area contributed by atoms with Gasteiger partial charge in [0.15, 0.2) is 0 Å². The predicted molar refractivity (Wildman–Crippen MR) is 89.3 cm³/mol. The van der Waals surface area contributed by atoms with E-state index in [2.05, 4.69) is 26.6 Å². The Bertz CT molecular complexity index is 799. The molecule has 0 unspecified atom stereocenters. The lowest BCUT2D eigenvalue weighted by atomic mass is 10.2. The number of benzene rings is 2. The van der Waals surface area contributed by atoms with Crippen LogP contribution in [-0.4, -0.2) is 18.4 Å². The SMILES string of the molecule is O=C(CCNC(=O)c1ccc(F)cc1F)NCc1cc(Br)ccc1F. The zero-order valence-electron chi connectivity index (χ0n) is 12.9. The van der Waals surface area contributed by atoms with Gasteiger partial charge in [-0.05, 0) is 30.3 Å². The Balaban J connectivity index is 1.78. The molecular weight excluding hydrogens is 401 g/mol. The highest BCUT2D eigenvalue weighted by atomic mass is 79.9. The van der Waals surface area contributed by atoms with E-state index in [9.17, 15) is 22.8 Å². The van der Waals surface area contributed by atoms with Crippen LogP contribution in [0.2, 0.25) is 0 Å². The Morgan fingerprint density at radius 3 is 2.44 bits per heavy atom. The molecule has 2 amide bonds. The molecule has 2 N–H and O–H groups in total. The molecule has 0 radical (unpaired) electrons. The number of hydrogen-bond donors (Lipinski definition) is 2. The van der Waals surface area contributed by atoms with Crippen molar-refractivity contribution in [2.45, 2.75) is 13.0 Å². The topological polar surface area (TPSA) is 58.2 Å². The summed E-state index contributed by atoms with van der Waals surface area (Å²) in [7, 11) is 0. The Hall–Kier alpha value is -2.35. The van der Waals surface area contributed by atoms with E-state index in [-0.39, 0.29) is 25.1 Å². The second kappa shape index (κ2) is 8.66.